The molecule has 1 aromatic carbocycles. The van der Waals surface area contributed by atoms with Crippen LogP contribution in [0.2, 0.25) is 0 Å². The lowest BCUT2D eigenvalue weighted by atomic mass is 10.2. The summed E-state index contributed by atoms with van der Waals surface area (Å²) < 4.78 is 12.9. The number of carbonyl (C=O) groups excluding carboxylic acids is 1. The molecule has 5 heteroatoms. The fraction of sp³-hybridized carbons (Fsp3) is 0.200. The third kappa shape index (κ3) is 2.93. The molecule has 3 nitrogen and oxygen atoms in total. The normalized spacial score (nSPS) is 11.6. The number of nitrogens with zero attached hydrogens (tertiary/aromatic N) is 1. The first kappa shape index (κ1) is 11.5. The molecular formula is C10H8ClFN2O. The number of halogens is 2. The number of nitriles is 1. The quantitative estimate of drug-likeness (QED) is 0.787. The Hall–Kier alpha value is -1.60. The molecule has 1 aromatic rings. The second kappa shape index (κ2) is 4.76. The number of amides is 1. The van der Waals surface area contributed by atoms with Crippen molar-refractivity contribution in [1.29, 1.82) is 5.26 Å². The van der Waals surface area contributed by atoms with Crippen molar-refractivity contribution >= 4 is 23.2 Å². The molecular weight excluding hydrogens is 219 g/mol. The smallest absolute Gasteiger partial charge is 0.242 e. The summed E-state index contributed by atoms with van der Waals surface area (Å²) >= 11 is 5.53. The van der Waals surface area contributed by atoms with E-state index in [1.165, 1.54) is 19.1 Å². The van der Waals surface area contributed by atoms with Crippen molar-refractivity contribution < 1.29 is 9.18 Å². The molecule has 0 aliphatic heterocycles. The topological polar surface area (TPSA) is 52.9 Å². The lowest BCUT2D eigenvalue weighted by molar-refractivity contribution is -0.115. The monoisotopic (exact) mass is 226 g/mol. The molecule has 1 unspecified atom stereocenters. The number of hydrogen-bond donors (Lipinski definition) is 1. The maximum atomic E-state index is 12.9. The molecule has 0 aliphatic carbocycles. The largest absolute Gasteiger partial charge is 0.325 e. The van der Waals surface area contributed by atoms with Gasteiger partial charge < -0.3 is 5.32 Å². The molecule has 0 saturated heterocycles. The van der Waals surface area contributed by atoms with Gasteiger partial charge in [0.15, 0.2) is 0 Å². The fourth-order valence-corrected chi connectivity index (χ4v) is 0.985. The zero-order valence-corrected chi connectivity index (χ0v) is 8.68. The Balaban J connectivity index is 2.89. The minimum atomic E-state index is -0.680. The lowest BCUT2D eigenvalue weighted by Crippen LogP contribution is -2.20. The SMILES string of the molecule is CC(Cl)C(=O)Nc1ccc(F)c(C#N)c1. The molecule has 0 heterocycles. The molecule has 1 rings (SSSR count). The highest BCUT2D eigenvalue weighted by molar-refractivity contribution is 6.32. The summed E-state index contributed by atoms with van der Waals surface area (Å²) in [5, 5.41) is 10.3. The minimum Gasteiger partial charge on any atom is -0.325 e. The number of alkyl halides is 1. The number of carbonyl (C=O) groups is 1. The van der Waals surface area contributed by atoms with Crippen molar-refractivity contribution in [3.05, 3.63) is 29.6 Å². The highest BCUT2D eigenvalue weighted by Gasteiger charge is 2.10. The molecule has 0 saturated carbocycles. The van der Waals surface area contributed by atoms with E-state index in [0.717, 1.165) is 6.07 Å². The first-order chi connectivity index (χ1) is 7.04. The van der Waals surface area contributed by atoms with Crippen LogP contribution in [0, 0.1) is 17.1 Å². The third-order valence-corrected chi connectivity index (χ3v) is 1.91. The Morgan fingerprint density at radius 3 is 2.87 bits per heavy atom. The average molecular weight is 227 g/mol. The van der Waals surface area contributed by atoms with E-state index in [0.29, 0.717) is 5.69 Å². The number of benzene rings is 1. The predicted octanol–water partition coefficient (Wildman–Crippen LogP) is 2.26. The van der Waals surface area contributed by atoms with Gasteiger partial charge in [-0.15, -0.1) is 11.6 Å². The van der Waals surface area contributed by atoms with Crippen molar-refractivity contribution in [3.63, 3.8) is 0 Å². The number of anilines is 1. The van der Waals surface area contributed by atoms with E-state index in [1.54, 1.807) is 6.07 Å². The van der Waals surface area contributed by atoms with Crippen LogP contribution in [0.1, 0.15) is 12.5 Å². The first-order valence-corrected chi connectivity index (χ1v) is 4.63. The summed E-state index contributed by atoms with van der Waals surface area (Å²) in [6.45, 7) is 1.52. The van der Waals surface area contributed by atoms with Gasteiger partial charge in [-0.05, 0) is 25.1 Å². The van der Waals surface area contributed by atoms with Gasteiger partial charge >= 0.3 is 0 Å². The molecule has 0 aromatic heterocycles. The van der Waals surface area contributed by atoms with Crippen molar-refractivity contribution in [1.82, 2.24) is 0 Å². The maximum absolute atomic E-state index is 12.9. The standard InChI is InChI=1S/C10H8ClFN2O/c1-6(11)10(15)14-8-2-3-9(12)7(4-8)5-13/h2-4,6H,1H3,(H,14,15). The van der Waals surface area contributed by atoms with E-state index in [1.807, 2.05) is 0 Å². The van der Waals surface area contributed by atoms with E-state index in [-0.39, 0.29) is 5.56 Å². The van der Waals surface area contributed by atoms with Crippen molar-refractivity contribution in [3.8, 4) is 6.07 Å². The zero-order valence-electron chi connectivity index (χ0n) is 7.92. The second-order valence-electron chi connectivity index (χ2n) is 2.91. The Morgan fingerprint density at radius 2 is 2.33 bits per heavy atom. The van der Waals surface area contributed by atoms with Crippen molar-refractivity contribution in [2.45, 2.75) is 12.3 Å². The van der Waals surface area contributed by atoms with Crippen LogP contribution in [0.15, 0.2) is 18.2 Å². The predicted molar refractivity (Wildman–Crippen MR) is 55.1 cm³/mol. The molecule has 0 aliphatic rings. The highest BCUT2D eigenvalue weighted by Crippen LogP contribution is 2.14. The summed E-state index contributed by atoms with van der Waals surface area (Å²) in [5.74, 6) is -1.01. The van der Waals surface area contributed by atoms with E-state index in [4.69, 9.17) is 16.9 Å². The van der Waals surface area contributed by atoms with Crippen LogP contribution in [0.4, 0.5) is 10.1 Å². The average Bonchev–Trinajstić information content (AvgIpc) is 2.20. The third-order valence-electron chi connectivity index (χ3n) is 1.72. The number of hydrogen-bond acceptors (Lipinski definition) is 2. The van der Waals surface area contributed by atoms with Crippen molar-refractivity contribution in [2.75, 3.05) is 5.32 Å². The van der Waals surface area contributed by atoms with E-state index in [9.17, 15) is 9.18 Å². The molecule has 1 amide bonds. The summed E-state index contributed by atoms with van der Waals surface area (Å²) in [6, 6.07) is 5.42. The van der Waals surface area contributed by atoms with Crippen LogP contribution in [-0.4, -0.2) is 11.3 Å². The van der Waals surface area contributed by atoms with Crippen molar-refractivity contribution in [2.24, 2.45) is 0 Å². The van der Waals surface area contributed by atoms with Gasteiger partial charge in [-0.3, -0.25) is 4.79 Å². The Bertz CT molecular complexity index is 426. The minimum absolute atomic E-state index is 0.116. The molecule has 0 spiro atoms. The summed E-state index contributed by atoms with van der Waals surface area (Å²) in [4.78, 5) is 11.2. The fourth-order valence-electron chi connectivity index (χ4n) is 0.930. The number of nitrogens with one attached hydrogen (secondary N) is 1. The molecule has 15 heavy (non-hydrogen) atoms. The molecule has 0 radical (unpaired) electrons. The molecule has 78 valence electrons. The van der Waals surface area contributed by atoms with Gasteiger partial charge in [0, 0.05) is 5.69 Å². The maximum Gasteiger partial charge on any atom is 0.242 e. The van der Waals surface area contributed by atoms with Crippen LogP contribution in [-0.2, 0) is 4.79 Å². The van der Waals surface area contributed by atoms with Gasteiger partial charge in [0.1, 0.15) is 17.3 Å². The Labute approximate surface area is 91.5 Å². The van der Waals surface area contributed by atoms with Gasteiger partial charge in [-0.2, -0.15) is 5.26 Å². The van der Waals surface area contributed by atoms with Gasteiger partial charge in [-0.1, -0.05) is 0 Å². The number of rotatable bonds is 2. The highest BCUT2D eigenvalue weighted by atomic mass is 35.5. The Kier molecular flexibility index (Phi) is 3.64. The zero-order chi connectivity index (χ0) is 11.4. The van der Waals surface area contributed by atoms with Crippen LogP contribution in [0.25, 0.3) is 0 Å². The van der Waals surface area contributed by atoms with E-state index in [2.05, 4.69) is 5.32 Å². The second-order valence-corrected chi connectivity index (χ2v) is 3.57. The van der Waals surface area contributed by atoms with Crippen LogP contribution in [0.3, 0.4) is 0 Å². The first-order valence-electron chi connectivity index (χ1n) is 4.19. The molecule has 0 bridgehead atoms. The van der Waals surface area contributed by atoms with E-state index >= 15 is 0 Å². The van der Waals surface area contributed by atoms with Gasteiger partial charge in [0.05, 0.1) is 5.56 Å². The molecule has 0 fully saturated rings. The van der Waals surface area contributed by atoms with Crippen LogP contribution in [0.5, 0.6) is 0 Å². The van der Waals surface area contributed by atoms with Crippen LogP contribution >= 0.6 is 11.6 Å². The Morgan fingerprint density at radius 1 is 1.67 bits per heavy atom. The van der Waals surface area contributed by atoms with Gasteiger partial charge in [-0.25, -0.2) is 4.39 Å². The van der Waals surface area contributed by atoms with Crippen LogP contribution < -0.4 is 5.32 Å². The summed E-state index contributed by atoms with van der Waals surface area (Å²) in [5.41, 5.74) is 0.237. The lowest BCUT2D eigenvalue weighted by Gasteiger charge is -2.06. The van der Waals surface area contributed by atoms with Gasteiger partial charge in [0.25, 0.3) is 0 Å². The molecule has 1 N–H and O–H groups in total. The summed E-state index contributed by atoms with van der Waals surface area (Å²) in [6.07, 6.45) is 0. The van der Waals surface area contributed by atoms with Gasteiger partial charge in [0.2, 0.25) is 5.91 Å². The summed E-state index contributed by atoms with van der Waals surface area (Å²) in [7, 11) is 0. The molecule has 1 atom stereocenters. The van der Waals surface area contributed by atoms with E-state index < -0.39 is 17.1 Å².